The number of carbonyl (C=O) groups excluding carboxylic acids is 1. The van der Waals surface area contributed by atoms with Gasteiger partial charge < -0.3 is 23.7 Å². The highest BCUT2D eigenvalue weighted by atomic mass is 16.5. The van der Waals surface area contributed by atoms with Crippen LogP contribution in [0.1, 0.15) is 53.9 Å². The van der Waals surface area contributed by atoms with Crippen LogP contribution in [0.4, 0.5) is 0 Å². The van der Waals surface area contributed by atoms with Crippen LogP contribution in [0.15, 0.2) is 51.7 Å². The number of para-hydroxylation sites is 1. The van der Waals surface area contributed by atoms with Gasteiger partial charge in [0, 0.05) is 6.54 Å². The van der Waals surface area contributed by atoms with Gasteiger partial charge in [-0.1, -0.05) is 31.5 Å². The molecule has 0 saturated heterocycles. The first kappa shape index (κ1) is 23.8. The minimum absolute atomic E-state index is 0.126. The first-order valence-corrected chi connectivity index (χ1v) is 11.8. The van der Waals surface area contributed by atoms with Gasteiger partial charge >= 0.3 is 0 Å². The van der Waals surface area contributed by atoms with Gasteiger partial charge in [-0.3, -0.25) is 9.59 Å². The standard InChI is InChI=1S/C27H32N2O5/c1-5-6-16-33-21-13-12-18(17-22(21)32-4)24-23-25(30)19-10-7-8-11-20(19)34-26(23)27(31)29(24)15-9-14-28(2)3/h7-8,10-13,17,24H,5-6,9,14-16H2,1-4H3/t24-/m0/s1. The van der Waals surface area contributed by atoms with Crippen LogP contribution >= 0.6 is 0 Å². The summed E-state index contributed by atoms with van der Waals surface area (Å²) in [5.41, 5.74) is 1.42. The lowest BCUT2D eigenvalue weighted by atomic mass is 9.98. The average molecular weight is 465 g/mol. The van der Waals surface area contributed by atoms with Gasteiger partial charge in [0.1, 0.15) is 5.58 Å². The molecule has 0 saturated carbocycles. The summed E-state index contributed by atoms with van der Waals surface area (Å²) < 4.78 is 17.5. The van der Waals surface area contributed by atoms with Crippen LogP contribution in [-0.2, 0) is 0 Å². The topological polar surface area (TPSA) is 72.2 Å². The summed E-state index contributed by atoms with van der Waals surface area (Å²) in [7, 11) is 5.59. The third-order valence-electron chi connectivity index (χ3n) is 6.14. The third-order valence-corrected chi connectivity index (χ3v) is 6.14. The van der Waals surface area contributed by atoms with Crippen LogP contribution in [0.25, 0.3) is 11.0 Å². The van der Waals surface area contributed by atoms with E-state index in [0.29, 0.717) is 41.2 Å². The monoisotopic (exact) mass is 464 g/mol. The van der Waals surface area contributed by atoms with E-state index in [9.17, 15) is 9.59 Å². The number of unbranched alkanes of at least 4 members (excludes halogenated alkanes) is 1. The number of benzene rings is 2. The maximum atomic E-state index is 13.6. The zero-order valence-electron chi connectivity index (χ0n) is 20.3. The quantitative estimate of drug-likeness (QED) is 0.412. The molecule has 2 heterocycles. The van der Waals surface area contributed by atoms with E-state index in [-0.39, 0.29) is 17.1 Å². The lowest BCUT2D eigenvalue weighted by molar-refractivity contribution is 0.0722. The Balaban J connectivity index is 1.80. The predicted octanol–water partition coefficient (Wildman–Crippen LogP) is 4.48. The van der Waals surface area contributed by atoms with E-state index in [1.165, 1.54) is 0 Å². The minimum Gasteiger partial charge on any atom is -0.493 e. The van der Waals surface area contributed by atoms with Crippen molar-refractivity contribution in [2.75, 3.05) is 40.9 Å². The molecular weight excluding hydrogens is 432 g/mol. The Morgan fingerprint density at radius 1 is 1.06 bits per heavy atom. The Labute approximate surface area is 199 Å². The van der Waals surface area contributed by atoms with Gasteiger partial charge in [0.15, 0.2) is 16.9 Å². The highest BCUT2D eigenvalue weighted by molar-refractivity contribution is 5.99. The van der Waals surface area contributed by atoms with Crippen molar-refractivity contribution in [2.45, 2.75) is 32.2 Å². The zero-order chi connectivity index (χ0) is 24.2. The lowest BCUT2D eigenvalue weighted by Crippen LogP contribution is -2.32. The second kappa shape index (κ2) is 10.3. The number of fused-ring (bicyclic) bond motifs is 2. The van der Waals surface area contributed by atoms with Gasteiger partial charge in [-0.2, -0.15) is 0 Å². The van der Waals surface area contributed by atoms with Crippen molar-refractivity contribution in [2.24, 2.45) is 0 Å². The molecule has 0 unspecified atom stereocenters. The maximum Gasteiger partial charge on any atom is 0.290 e. The molecular formula is C27H32N2O5. The lowest BCUT2D eigenvalue weighted by Gasteiger charge is -2.26. The second-order valence-corrected chi connectivity index (χ2v) is 8.84. The number of rotatable bonds is 10. The molecule has 7 nitrogen and oxygen atoms in total. The number of ether oxygens (including phenoxy) is 2. The van der Waals surface area contributed by atoms with Gasteiger partial charge in [0.2, 0.25) is 5.76 Å². The van der Waals surface area contributed by atoms with Crippen molar-refractivity contribution in [3.05, 3.63) is 69.6 Å². The van der Waals surface area contributed by atoms with E-state index >= 15 is 0 Å². The molecule has 1 amide bonds. The molecule has 180 valence electrons. The number of carbonyl (C=O) groups is 1. The van der Waals surface area contributed by atoms with Crippen LogP contribution in [0.5, 0.6) is 11.5 Å². The van der Waals surface area contributed by atoms with Gasteiger partial charge in [-0.05, 0) is 63.3 Å². The fraction of sp³-hybridized carbons (Fsp3) is 0.407. The van der Waals surface area contributed by atoms with Gasteiger partial charge in [0.05, 0.1) is 30.7 Å². The Bertz CT molecular complexity index is 1230. The molecule has 0 radical (unpaired) electrons. The number of methoxy groups -OCH3 is 1. The van der Waals surface area contributed by atoms with Gasteiger partial charge in [0.25, 0.3) is 5.91 Å². The summed E-state index contributed by atoms with van der Waals surface area (Å²) in [4.78, 5) is 30.9. The van der Waals surface area contributed by atoms with Crippen molar-refractivity contribution in [1.29, 1.82) is 0 Å². The molecule has 1 atom stereocenters. The van der Waals surface area contributed by atoms with E-state index in [4.69, 9.17) is 13.9 Å². The van der Waals surface area contributed by atoms with Crippen LogP contribution in [0, 0.1) is 0 Å². The van der Waals surface area contributed by atoms with Crippen molar-refractivity contribution in [1.82, 2.24) is 9.80 Å². The highest BCUT2D eigenvalue weighted by Gasteiger charge is 2.42. The zero-order valence-corrected chi connectivity index (χ0v) is 20.3. The number of nitrogens with zero attached hydrogens (tertiary/aromatic N) is 2. The molecule has 4 rings (SSSR count). The largest absolute Gasteiger partial charge is 0.493 e. The third kappa shape index (κ3) is 4.53. The normalized spacial score (nSPS) is 15.3. The van der Waals surface area contributed by atoms with Crippen molar-refractivity contribution < 1.29 is 18.7 Å². The molecule has 2 aromatic carbocycles. The summed E-state index contributed by atoms with van der Waals surface area (Å²) in [6.07, 6.45) is 2.75. The Morgan fingerprint density at radius 2 is 1.85 bits per heavy atom. The minimum atomic E-state index is -0.552. The van der Waals surface area contributed by atoms with E-state index in [1.807, 2.05) is 32.3 Å². The molecule has 1 aromatic heterocycles. The highest BCUT2D eigenvalue weighted by Crippen LogP contribution is 2.41. The summed E-state index contributed by atoms with van der Waals surface area (Å²) >= 11 is 0. The smallest absolute Gasteiger partial charge is 0.290 e. The molecule has 1 aliphatic heterocycles. The Morgan fingerprint density at radius 3 is 2.59 bits per heavy atom. The fourth-order valence-electron chi connectivity index (χ4n) is 4.40. The Hall–Kier alpha value is -3.32. The van der Waals surface area contributed by atoms with Gasteiger partial charge in [-0.25, -0.2) is 0 Å². The summed E-state index contributed by atoms with van der Waals surface area (Å²) in [6.45, 7) is 4.03. The van der Waals surface area contributed by atoms with E-state index in [1.54, 1.807) is 36.3 Å². The first-order valence-electron chi connectivity index (χ1n) is 11.8. The van der Waals surface area contributed by atoms with Crippen molar-refractivity contribution in [3.8, 4) is 11.5 Å². The molecule has 0 N–H and O–H groups in total. The molecule has 1 aliphatic rings. The van der Waals surface area contributed by atoms with Crippen LogP contribution in [0.2, 0.25) is 0 Å². The maximum absolute atomic E-state index is 13.6. The molecule has 0 aliphatic carbocycles. The van der Waals surface area contributed by atoms with Gasteiger partial charge in [-0.15, -0.1) is 0 Å². The summed E-state index contributed by atoms with van der Waals surface area (Å²) in [5, 5.41) is 0.473. The molecule has 7 heteroatoms. The molecule has 0 fully saturated rings. The molecule has 34 heavy (non-hydrogen) atoms. The first-order chi connectivity index (χ1) is 16.5. The fourth-order valence-corrected chi connectivity index (χ4v) is 4.40. The number of amides is 1. The van der Waals surface area contributed by atoms with E-state index in [0.717, 1.165) is 31.4 Å². The van der Waals surface area contributed by atoms with Crippen molar-refractivity contribution in [3.63, 3.8) is 0 Å². The average Bonchev–Trinajstić information content (AvgIpc) is 3.11. The molecule has 0 spiro atoms. The molecule has 0 bridgehead atoms. The second-order valence-electron chi connectivity index (χ2n) is 8.84. The Kier molecular flexibility index (Phi) is 7.22. The van der Waals surface area contributed by atoms with Crippen LogP contribution in [0.3, 0.4) is 0 Å². The number of hydrogen-bond acceptors (Lipinski definition) is 6. The van der Waals surface area contributed by atoms with Crippen LogP contribution < -0.4 is 14.9 Å². The molecule has 3 aromatic rings. The van der Waals surface area contributed by atoms with E-state index < -0.39 is 6.04 Å². The van der Waals surface area contributed by atoms with Crippen molar-refractivity contribution >= 4 is 16.9 Å². The van der Waals surface area contributed by atoms with Crippen LogP contribution in [-0.4, -0.2) is 56.6 Å². The summed E-state index contributed by atoms with van der Waals surface area (Å²) in [5.74, 6) is 1.09. The summed E-state index contributed by atoms with van der Waals surface area (Å²) in [6, 6.07) is 12.1. The number of hydrogen-bond donors (Lipinski definition) is 0. The van der Waals surface area contributed by atoms with E-state index in [2.05, 4.69) is 11.8 Å². The predicted molar refractivity (Wildman–Crippen MR) is 132 cm³/mol. The SMILES string of the molecule is CCCCOc1ccc([C@H]2c3c(oc4ccccc4c3=O)C(=O)N2CCCN(C)C)cc1OC.